The van der Waals surface area contributed by atoms with Crippen LogP contribution in [0, 0.1) is 0 Å². The van der Waals surface area contributed by atoms with Gasteiger partial charge in [-0.2, -0.15) is 4.98 Å². The Morgan fingerprint density at radius 1 is 1.21 bits per heavy atom. The van der Waals surface area contributed by atoms with Gasteiger partial charge in [-0.15, -0.1) is 10.2 Å². The van der Waals surface area contributed by atoms with Crippen LogP contribution in [-0.4, -0.2) is 29.3 Å². The normalized spacial score (nSPS) is 13.4. The van der Waals surface area contributed by atoms with E-state index in [1.807, 2.05) is 63.3 Å². The van der Waals surface area contributed by atoms with Crippen LogP contribution in [0.2, 0.25) is 0 Å². The number of rotatable bonds is 5. The molecule has 0 amide bonds. The first-order valence-electron chi connectivity index (χ1n) is 9.68. The predicted molar refractivity (Wildman–Crippen MR) is 112 cm³/mol. The first-order valence-corrected chi connectivity index (χ1v) is 10.6. The van der Waals surface area contributed by atoms with Crippen molar-refractivity contribution in [2.45, 2.75) is 63.4 Å². The zero-order valence-corrected chi connectivity index (χ0v) is 18.0. The van der Waals surface area contributed by atoms with E-state index in [2.05, 4.69) is 20.3 Å². The molecule has 29 heavy (non-hydrogen) atoms. The van der Waals surface area contributed by atoms with Gasteiger partial charge in [-0.1, -0.05) is 56.7 Å². The van der Waals surface area contributed by atoms with Crippen molar-refractivity contribution >= 4 is 28.4 Å². The third-order valence-corrected chi connectivity index (χ3v) is 5.70. The van der Waals surface area contributed by atoms with Gasteiger partial charge in [0.25, 0.3) is 5.56 Å². The first-order chi connectivity index (χ1) is 13.8. The molecular weight excluding hydrogens is 388 g/mol. The van der Waals surface area contributed by atoms with Gasteiger partial charge >= 0.3 is 0 Å². The Morgan fingerprint density at radius 3 is 2.66 bits per heavy atom. The lowest BCUT2D eigenvalue weighted by atomic mass is 9.96. The minimum atomic E-state index is -0.180. The molecule has 0 aliphatic heterocycles. The molecule has 8 nitrogen and oxygen atoms in total. The number of thioether (sulfide) groups is 1. The summed E-state index contributed by atoms with van der Waals surface area (Å²) in [6.45, 7) is 10.8. The topological polar surface area (TPSA) is 91.1 Å². The molecule has 0 aliphatic rings. The minimum absolute atomic E-state index is 0.0429. The maximum Gasteiger partial charge on any atom is 0.262 e. The monoisotopic (exact) mass is 412 g/mol. The predicted octanol–water partition coefficient (Wildman–Crippen LogP) is 3.99. The van der Waals surface area contributed by atoms with Crippen LogP contribution in [0.25, 0.3) is 16.7 Å². The summed E-state index contributed by atoms with van der Waals surface area (Å²) in [5, 5.41) is 14.0. The van der Waals surface area contributed by atoms with Gasteiger partial charge in [0.15, 0.2) is 11.0 Å². The van der Waals surface area contributed by atoms with Crippen LogP contribution in [0.4, 0.5) is 0 Å². The summed E-state index contributed by atoms with van der Waals surface area (Å²) >= 11 is 1.48. The summed E-state index contributed by atoms with van der Waals surface area (Å²) in [5.74, 6) is 1.77. The van der Waals surface area contributed by atoms with Gasteiger partial charge in [-0.3, -0.25) is 13.8 Å². The van der Waals surface area contributed by atoms with Gasteiger partial charge < -0.3 is 4.52 Å². The van der Waals surface area contributed by atoms with E-state index >= 15 is 0 Å². The van der Waals surface area contributed by atoms with E-state index in [-0.39, 0.29) is 16.2 Å². The Labute approximate surface area is 172 Å². The van der Waals surface area contributed by atoms with E-state index in [0.717, 1.165) is 11.9 Å². The fourth-order valence-corrected chi connectivity index (χ4v) is 4.03. The van der Waals surface area contributed by atoms with Gasteiger partial charge in [-0.25, -0.2) is 0 Å². The standard InChI is InChI=1S/C20H24N6O2S/c1-6-11-25-16(27)13-9-7-8-10-14(13)26-18(25)22-23-19(26)29-12(2)15-21-17(24-28-15)20(3,4)5/h7-10,12H,6,11H2,1-5H3. The smallest absolute Gasteiger partial charge is 0.262 e. The lowest BCUT2D eigenvalue weighted by Gasteiger charge is -2.12. The van der Waals surface area contributed by atoms with E-state index in [0.29, 0.717) is 34.6 Å². The summed E-state index contributed by atoms with van der Waals surface area (Å²) in [6.07, 6.45) is 0.831. The third-order valence-electron chi connectivity index (χ3n) is 4.67. The molecule has 0 saturated heterocycles. The molecule has 3 heterocycles. The lowest BCUT2D eigenvalue weighted by molar-refractivity contribution is 0.364. The molecule has 0 fully saturated rings. The second kappa shape index (κ2) is 7.29. The summed E-state index contributed by atoms with van der Waals surface area (Å²) in [6, 6.07) is 7.55. The Hall–Kier alpha value is -2.68. The van der Waals surface area contributed by atoms with Crippen molar-refractivity contribution in [3.05, 3.63) is 46.3 Å². The Balaban J connectivity index is 1.81. The highest BCUT2D eigenvalue weighted by molar-refractivity contribution is 7.99. The Kier molecular flexibility index (Phi) is 4.94. The second-order valence-corrected chi connectivity index (χ2v) is 9.37. The van der Waals surface area contributed by atoms with E-state index in [9.17, 15) is 4.79 Å². The third kappa shape index (κ3) is 3.43. The number of aromatic nitrogens is 6. The molecule has 0 spiro atoms. The molecule has 9 heteroatoms. The largest absolute Gasteiger partial charge is 0.338 e. The van der Waals surface area contributed by atoms with E-state index < -0.39 is 0 Å². The van der Waals surface area contributed by atoms with Crippen molar-refractivity contribution in [1.82, 2.24) is 29.3 Å². The average molecular weight is 413 g/mol. The molecule has 1 unspecified atom stereocenters. The first kappa shape index (κ1) is 19.6. The van der Waals surface area contributed by atoms with E-state index in [4.69, 9.17) is 4.52 Å². The van der Waals surface area contributed by atoms with Crippen molar-refractivity contribution in [2.24, 2.45) is 0 Å². The molecular formula is C20H24N6O2S. The molecule has 1 aromatic carbocycles. The van der Waals surface area contributed by atoms with Crippen molar-refractivity contribution in [3.8, 4) is 0 Å². The summed E-state index contributed by atoms with van der Waals surface area (Å²) < 4.78 is 9.12. The van der Waals surface area contributed by atoms with Crippen LogP contribution in [0.5, 0.6) is 0 Å². The number of aryl methyl sites for hydroxylation is 1. The van der Waals surface area contributed by atoms with Crippen molar-refractivity contribution in [2.75, 3.05) is 0 Å². The summed E-state index contributed by atoms with van der Waals surface area (Å²) in [5.41, 5.74) is 0.569. The van der Waals surface area contributed by atoms with Gasteiger partial charge in [-0.05, 0) is 25.5 Å². The highest BCUT2D eigenvalue weighted by Crippen LogP contribution is 2.34. The van der Waals surface area contributed by atoms with Crippen molar-refractivity contribution in [1.29, 1.82) is 0 Å². The van der Waals surface area contributed by atoms with E-state index in [1.165, 1.54) is 11.8 Å². The van der Waals surface area contributed by atoms with Crippen LogP contribution in [0.1, 0.15) is 58.0 Å². The van der Waals surface area contributed by atoms with Crippen LogP contribution in [0.15, 0.2) is 38.7 Å². The number of hydrogen-bond donors (Lipinski definition) is 0. The molecule has 0 aliphatic carbocycles. The number of hydrogen-bond acceptors (Lipinski definition) is 7. The highest BCUT2D eigenvalue weighted by Gasteiger charge is 2.25. The molecule has 0 bridgehead atoms. The SMILES string of the molecule is CCCn1c(=O)c2ccccc2n2c(SC(C)c3nc(C(C)(C)C)no3)nnc12. The van der Waals surface area contributed by atoms with Crippen LogP contribution < -0.4 is 5.56 Å². The number of nitrogens with zero attached hydrogens (tertiary/aromatic N) is 6. The van der Waals surface area contributed by atoms with Crippen molar-refractivity contribution in [3.63, 3.8) is 0 Å². The van der Waals surface area contributed by atoms with Gasteiger partial charge in [0.2, 0.25) is 11.7 Å². The lowest BCUT2D eigenvalue weighted by Crippen LogP contribution is -2.23. The number of fused-ring (bicyclic) bond motifs is 3. The summed E-state index contributed by atoms with van der Waals surface area (Å²) in [4.78, 5) is 17.5. The van der Waals surface area contributed by atoms with E-state index in [1.54, 1.807) is 4.57 Å². The zero-order valence-electron chi connectivity index (χ0n) is 17.2. The maximum atomic E-state index is 12.9. The van der Waals surface area contributed by atoms with Gasteiger partial charge in [0.1, 0.15) is 0 Å². The molecule has 0 radical (unpaired) electrons. The van der Waals surface area contributed by atoms with Crippen LogP contribution in [-0.2, 0) is 12.0 Å². The average Bonchev–Trinajstić information content (AvgIpc) is 3.33. The zero-order chi connectivity index (χ0) is 20.8. The molecule has 4 rings (SSSR count). The van der Waals surface area contributed by atoms with Crippen LogP contribution >= 0.6 is 11.8 Å². The molecule has 1 atom stereocenters. The van der Waals surface area contributed by atoms with Gasteiger partial charge in [0, 0.05) is 12.0 Å². The Bertz CT molecular complexity index is 1230. The molecule has 0 N–H and O–H groups in total. The highest BCUT2D eigenvalue weighted by atomic mass is 32.2. The summed E-state index contributed by atoms with van der Waals surface area (Å²) in [7, 11) is 0. The van der Waals surface area contributed by atoms with Crippen molar-refractivity contribution < 1.29 is 4.52 Å². The molecule has 152 valence electrons. The maximum absolute atomic E-state index is 12.9. The molecule has 0 saturated carbocycles. The fraction of sp³-hybridized carbons (Fsp3) is 0.450. The quantitative estimate of drug-likeness (QED) is 0.458. The molecule has 4 aromatic rings. The molecule has 3 aromatic heterocycles. The minimum Gasteiger partial charge on any atom is -0.338 e. The fourth-order valence-electron chi connectivity index (χ4n) is 3.15. The Morgan fingerprint density at radius 2 is 1.97 bits per heavy atom. The van der Waals surface area contributed by atoms with Gasteiger partial charge in [0.05, 0.1) is 16.2 Å². The second-order valence-electron chi connectivity index (χ2n) is 8.06. The number of benzene rings is 1. The van der Waals surface area contributed by atoms with Crippen LogP contribution in [0.3, 0.4) is 0 Å². The number of para-hydroxylation sites is 1.